The van der Waals surface area contributed by atoms with Crippen molar-refractivity contribution in [1.29, 1.82) is 5.26 Å². The van der Waals surface area contributed by atoms with Gasteiger partial charge in [-0.15, -0.1) is 13.2 Å². The molecule has 0 spiro atoms. The van der Waals surface area contributed by atoms with Crippen LogP contribution in [-0.4, -0.2) is 6.36 Å². The molecule has 0 N–H and O–H groups in total. The lowest BCUT2D eigenvalue weighted by atomic mass is 10.1. The Labute approximate surface area is 101 Å². The van der Waals surface area contributed by atoms with E-state index in [1.54, 1.807) is 24.3 Å². The fourth-order valence-electron chi connectivity index (χ4n) is 1.67. The summed E-state index contributed by atoms with van der Waals surface area (Å²) < 4.78 is 40.1. The number of halogens is 3. The average Bonchev–Trinajstić information content (AvgIpc) is 2.27. The van der Waals surface area contributed by atoms with Crippen LogP contribution >= 0.6 is 0 Å². The number of fused-ring (bicyclic) bond motifs is 1. The SMILES string of the molecule is N#CCc1ccc2ccc(OC(F)(F)F)cc2c1. The van der Waals surface area contributed by atoms with Crippen molar-refractivity contribution in [3.63, 3.8) is 0 Å². The fraction of sp³-hybridized carbons (Fsp3) is 0.154. The molecule has 92 valence electrons. The molecule has 0 bridgehead atoms. The summed E-state index contributed by atoms with van der Waals surface area (Å²) in [7, 11) is 0. The van der Waals surface area contributed by atoms with Gasteiger partial charge >= 0.3 is 6.36 Å². The Morgan fingerprint density at radius 1 is 1.06 bits per heavy atom. The van der Waals surface area contributed by atoms with Gasteiger partial charge < -0.3 is 4.74 Å². The van der Waals surface area contributed by atoms with Gasteiger partial charge in [0.1, 0.15) is 5.75 Å². The van der Waals surface area contributed by atoms with E-state index in [2.05, 4.69) is 4.74 Å². The number of ether oxygens (including phenoxy) is 1. The normalized spacial score (nSPS) is 11.2. The molecule has 2 aromatic carbocycles. The predicted molar refractivity (Wildman–Crippen MR) is 59.9 cm³/mol. The molecule has 0 unspecified atom stereocenters. The lowest BCUT2D eigenvalue weighted by Crippen LogP contribution is -2.16. The summed E-state index contributed by atoms with van der Waals surface area (Å²) in [5.74, 6) is -0.260. The highest BCUT2D eigenvalue weighted by Gasteiger charge is 2.31. The van der Waals surface area contributed by atoms with Crippen molar-refractivity contribution in [2.24, 2.45) is 0 Å². The Kier molecular flexibility index (Phi) is 3.11. The van der Waals surface area contributed by atoms with E-state index in [0.717, 1.165) is 10.9 Å². The molecular formula is C13H8F3NO. The van der Waals surface area contributed by atoms with Gasteiger partial charge in [-0.25, -0.2) is 0 Å². The second-order valence-corrected chi connectivity index (χ2v) is 3.73. The van der Waals surface area contributed by atoms with Gasteiger partial charge in [-0.05, 0) is 34.5 Å². The molecule has 0 amide bonds. The summed E-state index contributed by atoms with van der Waals surface area (Å²) in [4.78, 5) is 0. The van der Waals surface area contributed by atoms with E-state index in [4.69, 9.17) is 5.26 Å². The van der Waals surface area contributed by atoms with Crippen LogP contribution in [0.15, 0.2) is 36.4 Å². The van der Waals surface area contributed by atoms with Crippen LogP contribution in [0.4, 0.5) is 13.2 Å². The minimum atomic E-state index is -4.70. The molecular weight excluding hydrogens is 243 g/mol. The standard InChI is InChI=1S/C13H8F3NO/c14-13(15,16)18-12-4-3-10-2-1-9(5-6-17)7-11(10)8-12/h1-4,7-8H,5H2. The lowest BCUT2D eigenvalue weighted by Gasteiger charge is -2.09. The number of hydrogen-bond donors (Lipinski definition) is 0. The number of benzene rings is 2. The van der Waals surface area contributed by atoms with Gasteiger partial charge in [-0.2, -0.15) is 5.26 Å². The van der Waals surface area contributed by atoms with Crippen LogP contribution in [0.3, 0.4) is 0 Å². The Hall–Kier alpha value is -2.22. The Morgan fingerprint density at radius 2 is 1.78 bits per heavy atom. The van der Waals surface area contributed by atoms with E-state index in [0.29, 0.717) is 5.39 Å². The first-order valence-electron chi connectivity index (χ1n) is 5.13. The second-order valence-electron chi connectivity index (χ2n) is 3.73. The smallest absolute Gasteiger partial charge is 0.406 e. The molecule has 0 aliphatic rings. The molecule has 0 atom stereocenters. The first-order valence-corrected chi connectivity index (χ1v) is 5.13. The molecule has 0 saturated heterocycles. The Bertz CT molecular complexity index is 614. The maximum atomic E-state index is 12.1. The van der Waals surface area contributed by atoms with Crippen molar-refractivity contribution in [3.05, 3.63) is 42.0 Å². The van der Waals surface area contributed by atoms with Crippen LogP contribution in [-0.2, 0) is 6.42 Å². The summed E-state index contributed by atoms with van der Waals surface area (Å²) in [6, 6.07) is 11.3. The number of rotatable bonds is 2. The molecule has 18 heavy (non-hydrogen) atoms. The third-order valence-electron chi connectivity index (χ3n) is 2.39. The third kappa shape index (κ3) is 2.92. The molecule has 0 aromatic heterocycles. The van der Waals surface area contributed by atoms with Crippen molar-refractivity contribution in [2.75, 3.05) is 0 Å². The van der Waals surface area contributed by atoms with Crippen LogP contribution in [0.5, 0.6) is 5.75 Å². The fourth-order valence-corrected chi connectivity index (χ4v) is 1.67. The number of hydrogen-bond acceptors (Lipinski definition) is 2. The van der Waals surface area contributed by atoms with Gasteiger partial charge in [-0.3, -0.25) is 0 Å². The van der Waals surface area contributed by atoms with E-state index < -0.39 is 6.36 Å². The van der Waals surface area contributed by atoms with Crippen LogP contribution in [0, 0.1) is 11.3 Å². The first-order chi connectivity index (χ1) is 8.48. The maximum Gasteiger partial charge on any atom is 0.573 e. The van der Waals surface area contributed by atoms with E-state index in [1.165, 1.54) is 12.1 Å². The molecule has 0 radical (unpaired) electrons. The highest BCUT2D eigenvalue weighted by molar-refractivity contribution is 5.84. The van der Waals surface area contributed by atoms with Crippen molar-refractivity contribution in [3.8, 4) is 11.8 Å². The van der Waals surface area contributed by atoms with Crippen LogP contribution in [0.25, 0.3) is 10.8 Å². The molecule has 0 aliphatic carbocycles. The molecule has 5 heteroatoms. The van der Waals surface area contributed by atoms with Gasteiger partial charge in [0.15, 0.2) is 0 Å². The van der Waals surface area contributed by atoms with Gasteiger partial charge in [0, 0.05) is 0 Å². The summed E-state index contributed by atoms with van der Waals surface area (Å²) in [6.45, 7) is 0. The Balaban J connectivity index is 2.40. The minimum absolute atomic E-state index is 0.223. The highest BCUT2D eigenvalue weighted by atomic mass is 19.4. The second kappa shape index (κ2) is 4.57. The monoisotopic (exact) mass is 251 g/mol. The molecule has 2 aromatic rings. The topological polar surface area (TPSA) is 33.0 Å². The molecule has 0 heterocycles. The van der Waals surface area contributed by atoms with Gasteiger partial charge in [0.05, 0.1) is 12.5 Å². The maximum absolute atomic E-state index is 12.1. The summed E-state index contributed by atoms with van der Waals surface area (Å²) in [5, 5.41) is 9.99. The molecule has 0 aliphatic heterocycles. The first kappa shape index (κ1) is 12.2. The number of nitriles is 1. The zero-order valence-electron chi connectivity index (χ0n) is 9.16. The molecule has 2 rings (SSSR count). The summed E-state index contributed by atoms with van der Waals surface area (Å²) >= 11 is 0. The molecule has 0 saturated carbocycles. The lowest BCUT2D eigenvalue weighted by molar-refractivity contribution is -0.274. The van der Waals surface area contributed by atoms with Crippen LogP contribution in [0.2, 0.25) is 0 Å². The third-order valence-corrected chi connectivity index (χ3v) is 2.39. The largest absolute Gasteiger partial charge is 0.573 e. The van der Waals surface area contributed by atoms with Gasteiger partial charge in [0.2, 0.25) is 0 Å². The predicted octanol–water partition coefficient (Wildman–Crippen LogP) is 3.80. The quantitative estimate of drug-likeness (QED) is 0.813. The summed E-state index contributed by atoms with van der Waals surface area (Å²) in [6.07, 6.45) is -4.47. The van der Waals surface area contributed by atoms with Crippen LogP contribution < -0.4 is 4.74 Å². The van der Waals surface area contributed by atoms with E-state index >= 15 is 0 Å². The minimum Gasteiger partial charge on any atom is -0.406 e. The zero-order valence-corrected chi connectivity index (χ0v) is 9.16. The van der Waals surface area contributed by atoms with Crippen molar-refractivity contribution in [2.45, 2.75) is 12.8 Å². The highest BCUT2D eigenvalue weighted by Crippen LogP contribution is 2.27. The average molecular weight is 251 g/mol. The number of alkyl halides is 3. The van der Waals surface area contributed by atoms with E-state index in [1.807, 2.05) is 6.07 Å². The van der Waals surface area contributed by atoms with E-state index in [9.17, 15) is 13.2 Å². The van der Waals surface area contributed by atoms with E-state index in [-0.39, 0.29) is 12.2 Å². The van der Waals surface area contributed by atoms with Gasteiger partial charge in [0.25, 0.3) is 0 Å². The molecule has 0 fully saturated rings. The number of nitrogens with zero attached hydrogens (tertiary/aromatic N) is 1. The van der Waals surface area contributed by atoms with Crippen molar-refractivity contribution >= 4 is 10.8 Å². The zero-order chi connectivity index (χ0) is 13.2. The van der Waals surface area contributed by atoms with Crippen molar-refractivity contribution in [1.82, 2.24) is 0 Å². The summed E-state index contributed by atoms with van der Waals surface area (Å²) in [5.41, 5.74) is 0.758. The van der Waals surface area contributed by atoms with Crippen LogP contribution in [0.1, 0.15) is 5.56 Å². The Morgan fingerprint density at radius 3 is 2.44 bits per heavy atom. The molecule has 2 nitrogen and oxygen atoms in total. The van der Waals surface area contributed by atoms with Crippen molar-refractivity contribution < 1.29 is 17.9 Å². The van der Waals surface area contributed by atoms with Gasteiger partial charge in [-0.1, -0.05) is 18.2 Å².